The van der Waals surface area contributed by atoms with Gasteiger partial charge in [-0.15, -0.1) is 0 Å². The third kappa shape index (κ3) is 7.17. The predicted molar refractivity (Wildman–Crippen MR) is 50.3 cm³/mol. The minimum absolute atomic E-state index is 0.238. The summed E-state index contributed by atoms with van der Waals surface area (Å²) in [6.07, 6.45) is 0. The molecule has 0 atom stereocenters. The van der Waals surface area contributed by atoms with Crippen molar-refractivity contribution in [1.29, 1.82) is 0 Å². The fourth-order valence-electron chi connectivity index (χ4n) is 0.573. The predicted octanol–water partition coefficient (Wildman–Crippen LogP) is 0.895. The zero-order valence-electron chi connectivity index (χ0n) is 8.84. The van der Waals surface area contributed by atoms with Gasteiger partial charge in [0.05, 0.1) is 6.61 Å². The number of rotatable bonds is 1. The standard InChI is InChI=1S/C10H14O4/c1-5-13-8(11)6-7-9(12)14-10(2,3)4/h5H2,1-4H3. The largest absolute Gasteiger partial charge is 0.456 e. The van der Waals surface area contributed by atoms with E-state index in [2.05, 4.69) is 4.74 Å². The normalized spacial score (nSPS) is 9.71. The Bertz CT molecular complexity index is 275. The number of carbonyl (C=O) groups excluding carboxylic acids is 2. The van der Waals surface area contributed by atoms with Crippen LogP contribution in [0.5, 0.6) is 0 Å². The van der Waals surface area contributed by atoms with Crippen molar-refractivity contribution in [2.24, 2.45) is 0 Å². The Morgan fingerprint density at radius 3 is 2.07 bits per heavy atom. The van der Waals surface area contributed by atoms with Gasteiger partial charge in [-0.3, -0.25) is 0 Å². The molecule has 0 unspecified atom stereocenters. The minimum Gasteiger partial charge on any atom is -0.456 e. The molecule has 0 aromatic rings. The van der Waals surface area contributed by atoms with Crippen molar-refractivity contribution in [3.05, 3.63) is 0 Å². The average molecular weight is 198 g/mol. The average Bonchev–Trinajstić information content (AvgIpc) is 1.98. The molecule has 0 aromatic carbocycles. The van der Waals surface area contributed by atoms with Crippen molar-refractivity contribution < 1.29 is 19.1 Å². The summed E-state index contributed by atoms with van der Waals surface area (Å²) in [6.45, 7) is 7.06. The lowest BCUT2D eigenvalue weighted by Gasteiger charge is -2.16. The van der Waals surface area contributed by atoms with E-state index in [1.807, 2.05) is 11.8 Å². The fourth-order valence-corrected chi connectivity index (χ4v) is 0.573. The van der Waals surface area contributed by atoms with E-state index < -0.39 is 17.5 Å². The molecule has 0 aliphatic heterocycles. The van der Waals surface area contributed by atoms with Crippen LogP contribution in [0.2, 0.25) is 0 Å². The van der Waals surface area contributed by atoms with Crippen LogP contribution in [0.25, 0.3) is 0 Å². The van der Waals surface area contributed by atoms with E-state index in [4.69, 9.17) is 4.74 Å². The molecule has 4 heteroatoms. The molecule has 0 aromatic heterocycles. The summed E-state index contributed by atoms with van der Waals surface area (Å²) in [5.74, 6) is 2.60. The Balaban J connectivity index is 4.11. The lowest BCUT2D eigenvalue weighted by molar-refractivity contribution is -0.147. The molecule has 78 valence electrons. The van der Waals surface area contributed by atoms with Crippen LogP contribution in [-0.2, 0) is 19.1 Å². The summed E-state index contributed by atoms with van der Waals surface area (Å²) in [5.41, 5.74) is -0.597. The summed E-state index contributed by atoms with van der Waals surface area (Å²) in [5, 5.41) is 0. The van der Waals surface area contributed by atoms with Crippen LogP contribution in [0.3, 0.4) is 0 Å². The van der Waals surface area contributed by atoms with Gasteiger partial charge in [-0.25, -0.2) is 9.59 Å². The molecule has 4 nitrogen and oxygen atoms in total. The maximum Gasteiger partial charge on any atom is 0.385 e. The van der Waals surface area contributed by atoms with Gasteiger partial charge in [0, 0.05) is 11.8 Å². The molecular formula is C10H14O4. The molecule has 0 aliphatic carbocycles. The van der Waals surface area contributed by atoms with E-state index in [-0.39, 0.29) is 6.61 Å². The van der Waals surface area contributed by atoms with E-state index in [0.717, 1.165) is 0 Å². The quantitative estimate of drug-likeness (QED) is 0.357. The Morgan fingerprint density at radius 1 is 1.14 bits per heavy atom. The molecule has 0 bridgehead atoms. The van der Waals surface area contributed by atoms with Gasteiger partial charge in [0.1, 0.15) is 5.60 Å². The van der Waals surface area contributed by atoms with E-state index in [1.165, 1.54) is 0 Å². The smallest absolute Gasteiger partial charge is 0.385 e. The molecule has 0 heterocycles. The second-order valence-electron chi connectivity index (χ2n) is 3.47. The first kappa shape index (κ1) is 12.5. The Labute approximate surface area is 83.6 Å². The fraction of sp³-hybridized carbons (Fsp3) is 0.600. The van der Waals surface area contributed by atoms with Crippen LogP contribution < -0.4 is 0 Å². The molecule has 0 N–H and O–H groups in total. The van der Waals surface area contributed by atoms with Crippen LogP contribution in [0.15, 0.2) is 0 Å². The lowest BCUT2D eigenvalue weighted by Crippen LogP contribution is -2.22. The van der Waals surface area contributed by atoms with Crippen LogP contribution in [0.4, 0.5) is 0 Å². The van der Waals surface area contributed by atoms with E-state index >= 15 is 0 Å². The third-order valence-electron chi connectivity index (χ3n) is 0.941. The van der Waals surface area contributed by atoms with E-state index in [9.17, 15) is 9.59 Å². The van der Waals surface area contributed by atoms with Gasteiger partial charge in [-0.2, -0.15) is 0 Å². The summed E-state index contributed by atoms with van der Waals surface area (Å²) >= 11 is 0. The first-order valence-electron chi connectivity index (χ1n) is 4.27. The topological polar surface area (TPSA) is 52.6 Å². The molecule has 0 fully saturated rings. The van der Waals surface area contributed by atoms with Crippen molar-refractivity contribution in [1.82, 2.24) is 0 Å². The van der Waals surface area contributed by atoms with Gasteiger partial charge >= 0.3 is 11.9 Å². The van der Waals surface area contributed by atoms with Gasteiger partial charge < -0.3 is 9.47 Å². The first-order valence-corrected chi connectivity index (χ1v) is 4.27. The molecule has 0 saturated carbocycles. The Morgan fingerprint density at radius 2 is 1.64 bits per heavy atom. The molecule has 0 aliphatic rings. The van der Waals surface area contributed by atoms with Crippen molar-refractivity contribution in [3.8, 4) is 11.8 Å². The molecule has 0 amide bonds. The van der Waals surface area contributed by atoms with E-state index in [1.54, 1.807) is 27.7 Å². The van der Waals surface area contributed by atoms with Gasteiger partial charge in [0.15, 0.2) is 0 Å². The summed E-state index contributed by atoms with van der Waals surface area (Å²) in [6, 6.07) is 0. The second-order valence-corrected chi connectivity index (χ2v) is 3.47. The molecular weight excluding hydrogens is 184 g/mol. The highest BCUT2D eigenvalue weighted by Gasteiger charge is 2.14. The SMILES string of the molecule is CCOC(=O)C#CC(=O)OC(C)(C)C. The first-order chi connectivity index (χ1) is 6.35. The third-order valence-corrected chi connectivity index (χ3v) is 0.941. The van der Waals surface area contributed by atoms with Crippen LogP contribution in [0.1, 0.15) is 27.7 Å². The number of carbonyl (C=O) groups is 2. The Hall–Kier alpha value is -1.50. The number of hydrogen-bond acceptors (Lipinski definition) is 4. The zero-order chi connectivity index (χ0) is 11.2. The molecule has 0 rings (SSSR count). The zero-order valence-corrected chi connectivity index (χ0v) is 8.84. The second kappa shape index (κ2) is 5.28. The number of hydrogen-bond donors (Lipinski definition) is 0. The maximum absolute atomic E-state index is 11.0. The van der Waals surface area contributed by atoms with Gasteiger partial charge in [0.25, 0.3) is 0 Å². The molecule has 0 spiro atoms. The summed E-state index contributed by atoms with van der Waals surface area (Å²) < 4.78 is 9.35. The number of ether oxygens (including phenoxy) is 2. The minimum atomic E-state index is -0.731. The van der Waals surface area contributed by atoms with Gasteiger partial charge in [-0.1, -0.05) is 0 Å². The van der Waals surface area contributed by atoms with Crippen LogP contribution in [0, 0.1) is 11.8 Å². The molecule has 14 heavy (non-hydrogen) atoms. The summed E-state index contributed by atoms with van der Waals surface area (Å²) in [7, 11) is 0. The van der Waals surface area contributed by atoms with E-state index in [0.29, 0.717) is 0 Å². The highest BCUT2D eigenvalue weighted by Crippen LogP contribution is 2.05. The van der Waals surface area contributed by atoms with Crippen LogP contribution >= 0.6 is 0 Å². The summed E-state index contributed by atoms with van der Waals surface area (Å²) in [4.78, 5) is 21.7. The highest BCUT2D eigenvalue weighted by atomic mass is 16.6. The highest BCUT2D eigenvalue weighted by molar-refractivity contribution is 5.98. The van der Waals surface area contributed by atoms with Crippen molar-refractivity contribution in [2.75, 3.05) is 6.61 Å². The van der Waals surface area contributed by atoms with Crippen molar-refractivity contribution >= 4 is 11.9 Å². The maximum atomic E-state index is 11.0. The Kier molecular flexibility index (Phi) is 4.71. The van der Waals surface area contributed by atoms with Gasteiger partial charge in [0.2, 0.25) is 0 Å². The van der Waals surface area contributed by atoms with Crippen molar-refractivity contribution in [3.63, 3.8) is 0 Å². The number of esters is 2. The van der Waals surface area contributed by atoms with Crippen molar-refractivity contribution in [2.45, 2.75) is 33.3 Å². The lowest BCUT2D eigenvalue weighted by atomic mass is 10.2. The van der Waals surface area contributed by atoms with Gasteiger partial charge in [-0.05, 0) is 27.7 Å². The molecule has 0 radical (unpaired) electrons. The van der Waals surface area contributed by atoms with Crippen LogP contribution in [-0.4, -0.2) is 24.1 Å². The monoisotopic (exact) mass is 198 g/mol. The molecule has 0 saturated heterocycles.